The van der Waals surface area contributed by atoms with Crippen LogP contribution in [-0.2, 0) is 4.79 Å². The van der Waals surface area contributed by atoms with E-state index in [1.807, 2.05) is 25.6 Å². The van der Waals surface area contributed by atoms with E-state index in [0.29, 0.717) is 0 Å². The maximum absolute atomic E-state index is 12.2. The Morgan fingerprint density at radius 1 is 1.41 bits per heavy atom. The fourth-order valence-corrected chi connectivity index (χ4v) is 2.62. The summed E-state index contributed by atoms with van der Waals surface area (Å²) in [7, 11) is 0. The number of carboxylic acid groups (broad SMARTS) is 1. The highest BCUT2D eigenvalue weighted by Gasteiger charge is 2.27. The van der Waals surface area contributed by atoms with Crippen LogP contribution < -0.4 is 0 Å². The summed E-state index contributed by atoms with van der Waals surface area (Å²) in [6.07, 6.45) is 0.765. The molecule has 0 aromatic carbocycles. The molecule has 98 valence electrons. The van der Waals surface area contributed by atoms with Crippen LogP contribution in [-0.4, -0.2) is 64.1 Å². The monoisotopic (exact) mass is 260 g/mol. The minimum atomic E-state index is -0.954. The Hall–Kier alpha value is -0.910. The third-order valence-corrected chi connectivity index (χ3v) is 3.90. The lowest BCUT2D eigenvalue weighted by Gasteiger charge is -2.35. The molecule has 1 atom stereocenters. The Morgan fingerprint density at radius 2 is 2.00 bits per heavy atom. The molecule has 2 amide bonds. The number of hydrogen-bond acceptors (Lipinski definition) is 3. The largest absolute Gasteiger partial charge is 0.480 e. The molecule has 0 radical (unpaired) electrons. The zero-order valence-corrected chi connectivity index (χ0v) is 11.2. The van der Waals surface area contributed by atoms with Gasteiger partial charge in [-0.1, -0.05) is 6.92 Å². The normalized spacial score (nSPS) is 17.6. The van der Waals surface area contributed by atoms with Crippen molar-refractivity contribution in [1.29, 1.82) is 0 Å². The maximum atomic E-state index is 12.2. The number of aliphatic carboxylic acids is 1. The average Bonchev–Trinajstić information content (AvgIpc) is 2.35. The SMILES string of the molecule is CCC(C)N(CC(=O)O)C(=O)N1CCSCC1. The van der Waals surface area contributed by atoms with E-state index in [9.17, 15) is 9.59 Å². The topological polar surface area (TPSA) is 60.9 Å². The predicted octanol–water partition coefficient (Wildman–Crippen LogP) is 1.34. The van der Waals surface area contributed by atoms with Crippen molar-refractivity contribution in [2.24, 2.45) is 0 Å². The first kappa shape index (κ1) is 14.2. The van der Waals surface area contributed by atoms with Gasteiger partial charge in [0.2, 0.25) is 0 Å². The lowest BCUT2D eigenvalue weighted by Crippen LogP contribution is -2.51. The first-order valence-electron chi connectivity index (χ1n) is 5.91. The molecule has 0 aliphatic carbocycles. The molecule has 0 bridgehead atoms. The van der Waals surface area contributed by atoms with Gasteiger partial charge in [0.15, 0.2) is 0 Å². The Balaban J connectivity index is 2.66. The van der Waals surface area contributed by atoms with Gasteiger partial charge in [-0.3, -0.25) is 4.79 Å². The molecule has 1 aliphatic rings. The van der Waals surface area contributed by atoms with Crippen LogP contribution >= 0.6 is 11.8 Å². The van der Waals surface area contributed by atoms with Crippen LogP contribution in [0.4, 0.5) is 4.79 Å². The van der Waals surface area contributed by atoms with E-state index in [2.05, 4.69) is 0 Å². The first-order valence-corrected chi connectivity index (χ1v) is 7.06. The van der Waals surface area contributed by atoms with Gasteiger partial charge in [-0.2, -0.15) is 11.8 Å². The van der Waals surface area contributed by atoms with E-state index in [0.717, 1.165) is 31.0 Å². The lowest BCUT2D eigenvalue weighted by atomic mass is 10.2. The maximum Gasteiger partial charge on any atom is 0.323 e. The van der Waals surface area contributed by atoms with Gasteiger partial charge in [0.1, 0.15) is 6.54 Å². The molecule has 1 heterocycles. The summed E-state index contributed by atoms with van der Waals surface area (Å²) in [4.78, 5) is 26.2. The summed E-state index contributed by atoms with van der Waals surface area (Å²) in [6, 6.07) is -0.171. The van der Waals surface area contributed by atoms with Crippen LogP contribution in [0, 0.1) is 0 Å². The summed E-state index contributed by atoms with van der Waals surface area (Å²) >= 11 is 1.83. The molecule has 1 N–H and O–H groups in total. The fourth-order valence-electron chi connectivity index (χ4n) is 1.71. The van der Waals surface area contributed by atoms with E-state index in [1.54, 1.807) is 4.90 Å². The fraction of sp³-hybridized carbons (Fsp3) is 0.818. The second kappa shape index (κ2) is 6.74. The highest BCUT2D eigenvalue weighted by Crippen LogP contribution is 2.14. The predicted molar refractivity (Wildman–Crippen MR) is 68.4 cm³/mol. The van der Waals surface area contributed by atoms with Crippen LogP contribution in [0.1, 0.15) is 20.3 Å². The van der Waals surface area contributed by atoms with Crippen molar-refractivity contribution in [3.05, 3.63) is 0 Å². The Kier molecular flexibility index (Phi) is 5.61. The summed E-state index contributed by atoms with van der Waals surface area (Å²) in [5, 5.41) is 8.86. The minimum Gasteiger partial charge on any atom is -0.480 e. The van der Waals surface area contributed by atoms with E-state index in [-0.39, 0.29) is 18.6 Å². The van der Waals surface area contributed by atoms with E-state index >= 15 is 0 Å². The average molecular weight is 260 g/mol. The Morgan fingerprint density at radius 3 is 2.47 bits per heavy atom. The summed E-state index contributed by atoms with van der Waals surface area (Å²) in [5.74, 6) is 0.922. The van der Waals surface area contributed by atoms with Crippen molar-refractivity contribution < 1.29 is 14.7 Å². The quantitative estimate of drug-likeness (QED) is 0.828. The Bertz CT molecular complexity index is 280. The molecule has 1 rings (SSSR count). The van der Waals surface area contributed by atoms with Crippen LogP contribution in [0.5, 0.6) is 0 Å². The van der Waals surface area contributed by atoms with Crippen molar-refractivity contribution in [1.82, 2.24) is 9.80 Å². The first-order chi connectivity index (χ1) is 8.06. The summed E-state index contributed by atoms with van der Waals surface area (Å²) in [5.41, 5.74) is 0. The highest BCUT2D eigenvalue weighted by atomic mass is 32.2. The number of hydrogen-bond donors (Lipinski definition) is 1. The van der Waals surface area contributed by atoms with Gasteiger partial charge in [-0.25, -0.2) is 4.79 Å². The smallest absolute Gasteiger partial charge is 0.323 e. The number of urea groups is 1. The molecule has 1 fully saturated rings. The molecule has 0 aromatic rings. The Labute approximate surface area is 106 Å². The zero-order valence-electron chi connectivity index (χ0n) is 10.4. The molecule has 1 aliphatic heterocycles. The number of amides is 2. The lowest BCUT2D eigenvalue weighted by molar-refractivity contribution is -0.138. The number of rotatable bonds is 4. The third-order valence-electron chi connectivity index (χ3n) is 2.96. The number of carbonyl (C=O) groups excluding carboxylic acids is 1. The van der Waals surface area contributed by atoms with Gasteiger partial charge < -0.3 is 14.9 Å². The summed E-state index contributed by atoms with van der Waals surface area (Å²) in [6.45, 7) is 5.07. The molecule has 0 saturated carbocycles. The number of nitrogens with zero attached hydrogens (tertiary/aromatic N) is 2. The van der Waals surface area contributed by atoms with E-state index < -0.39 is 5.97 Å². The van der Waals surface area contributed by atoms with Crippen molar-refractivity contribution in [2.45, 2.75) is 26.3 Å². The number of carbonyl (C=O) groups is 2. The van der Waals surface area contributed by atoms with Crippen molar-refractivity contribution in [3.63, 3.8) is 0 Å². The van der Waals surface area contributed by atoms with Gasteiger partial charge >= 0.3 is 12.0 Å². The van der Waals surface area contributed by atoms with Crippen molar-refractivity contribution in [2.75, 3.05) is 31.1 Å². The van der Waals surface area contributed by atoms with Gasteiger partial charge in [0, 0.05) is 30.6 Å². The van der Waals surface area contributed by atoms with Crippen molar-refractivity contribution >= 4 is 23.8 Å². The zero-order chi connectivity index (χ0) is 12.8. The third kappa shape index (κ3) is 4.11. The highest BCUT2D eigenvalue weighted by molar-refractivity contribution is 7.99. The second-order valence-corrected chi connectivity index (χ2v) is 5.39. The molecule has 6 heteroatoms. The van der Waals surface area contributed by atoms with Gasteiger partial charge in [0.05, 0.1) is 0 Å². The molecule has 17 heavy (non-hydrogen) atoms. The molecule has 1 saturated heterocycles. The van der Waals surface area contributed by atoms with Gasteiger partial charge in [-0.05, 0) is 13.3 Å². The van der Waals surface area contributed by atoms with E-state index in [1.165, 1.54) is 4.90 Å². The summed E-state index contributed by atoms with van der Waals surface area (Å²) < 4.78 is 0. The standard InChI is InChI=1S/C11H20N2O3S/c1-3-9(2)13(8-10(14)15)11(16)12-4-6-17-7-5-12/h9H,3-8H2,1-2H3,(H,14,15). The van der Waals surface area contributed by atoms with Gasteiger partial charge in [-0.15, -0.1) is 0 Å². The van der Waals surface area contributed by atoms with Crippen molar-refractivity contribution in [3.8, 4) is 0 Å². The van der Waals surface area contributed by atoms with E-state index in [4.69, 9.17) is 5.11 Å². The van der Waals surface area contributed by atoms with Crippen LogP contribution in [0.3, 0.4) is 0 Å². The second-order valence-electron chi connectivity index (χ2n) is 4.16. The van der Waals surface area contributed by atoms with Crippen LogP contribution in [0.15, 0.2) is 0 Å². The minimum absolute atomic E-state index is 0.0341. The number of carboxylic acids is 1. The molecular weight excluding hydrogens is 240 g/mol. The molecule has 0 aromatic heterocycles. The van der Waals surface area contributed by atoms with Crippen LogP contribution in [0.25, 0.3) is 0 Å². The van der Waals surface area contributed by atoms with Gasteiger partial charge in [0.25, 0.3) is 0 Å². The molecular formula is C11H20N2O3S. The molecule has 1 unspecified atom stereocenters. The molecule has 0 spiro atoms. The number of thioether (sulfide) groups is 1. The van der Waals surface area contributed by atoms with Crippen LogP contribution in [0.2, 0.25) is 0 Å². The molecule has 5 nitrogen and oxygen atoms in total.